The molecule has 0 saturated carbocycles. The lowest BCUT2D eigenvalue weighted by molar-refractivity contribution is 0.0351. The number of carbonyl (C=O) groups excluding carboxylic acids is 1. The van der Waals surface area contributed by atoms with Crippen molar-refractivity contribution in [2.45, 2.75) is 33.1 Å². The van der Waals surface area contributed by atoms with E-state index in [4.69, 9.17) is 4.74 Å². The van der Waals surface area contributed by atoms with E-state index in [0.717, 1.165) is 61.9 Å². The van der Waals surface area contributed by atoms with Crippen LogP contribution in [0.3, 0.4) is 0 Å². The van der Waals surface area contributed by atoms with Gasteiger partial charge in [0.15, 0.2) is 0 Å². The van der Waals surface area contributed by atoms with E-state index in [1.54, 1.807) is 14.1 Å². The van der Waals surface area contributed by atoms with Crippen LogP contribution in [0.15, 0.2) is 82.9 Å². The van der Waals surface area contributed by atoms with E-state index < -0.39 is 0 Å². The van der Waals surface area contributed by atoms with Crippen molar-refractivity contribution in [3.63, 3.8) is 0 Å². The topological polar surface area (TPSA) is 85.3 Å². The molecule has 2 amide bonds. The van der Waals surface area contributed by atoms with Crippen LogP contribution >= 0.6 is 0 Å². The van der Waals surface area contributed by atoms with Crippen molar-refractivity contribution in [2.75, 3.05) is 65.3 Å². The molecule has 4 rings (SSSR count). The van der Waals surface area contributed by atoms with Gasteiger partial charge in [-0.2, -0.15) is 0 Å². The number of benzene rings is 2. The largest absolute Gasteiger partial charge is 0.379 e. The SMILES string of the molecule is C=NC.CC.CN=C(C)c1cccc(NC(=O)N(CCC(c2ccccc2)c2ccc[nH]2)CCN2CCOCC2)c1. The van der Waals surface area contributed by atoms with Gasteiger partial charge in [-0.3, -0.25) is 9.89 Å². The van der Waals surface area contributed by atoms with Crippen LogP contribution in [0, 0.1) is 0 Å². The molecule has 1 aliphatic rings. The first-order chi connectivity index (χ1) is 20.0. The maximum Gasteiger partial charge on any atom is 0.321 e. The summed E-state index contributed by atoms with van der Waals surface area (Å²) in [4.78, 5) is 28.7. The summed E-state index contributed by atoms with van der Waals surface area (Å²) in [5.74, 6) is 0.187. The molecule has 222 valence electrons. The normalized spacial score (nSPS) is 14.0. The molecule has 0 bridgehead atoms. The molecular formula is C33H48N6O2. The number of amides is 2. The average molecular weight is 561 g/mol. The molecule has 1 fully saturated rings. The van der Waals surface area contributed by atoms with Crippen molar-refractivity contribution >= 4 is 24.1 Å². The van der Waals surface area contributed by atoms with E-state index in [9.17, 15) is 4.79 Å². The molecule has 1 aromatic heterocycles. The lowest BCUT2D eigenvalue weighted by Crippen LogP contribution is -2.44. The van der Waals surface area contributed by atoms with Gasteiger partial charge < -0.3 is 24.9 Å². The predicted octanol–water partition coefficient (Wildman–Crippen LogP) is 6.18. The third-order valence-electron chi connectivity index (χ3n) is 6.83. The number of anilines is 1. The number of nitrogens with zero attached hydrogens (tertiary/aromatic N) is 4. The molecule has 1 atom stereocenters. The molecular weight excluding hydrogens is 512 g/mol. The van der Waals surface area contributed by atoms with Crippen LogP contribution in [0.25, 0.3) is 0 Å². The van der Waals surface area contributed by atoms with Crippen molar-refractivity contribution in [1.29, 1.82) is 0 Å². The molecule has 8 heteroatoms. The van der Waals surface area contributed by atoms with Crippen molar-refractivity contribution in [3.05, 3.63) is 89.7 Å². The summed E-state index contributed by atoms with van der Waals surface area (Å²) in [5.41, 5.74) is 5.13. The van der Waals surface area contributed by atoms with E-state index in [1.165, 1.54) is 5.56 Å². The summed E-state index contributed by atoms with van der Waals surface area (Å²) in [6.07, 6.45) is 2.78. The first kappa shape index (κ1) is 33.5. The Balaban J connectivity index is 0.00000110. The van der Waals surface area contributed by atoms with E-state index >= 15 is 0 Å². The van der Waals surface area contributed by atoms with Crippen LogP contribution in [0.1, 0.15) is 49.9 Å². The minimum atomic E-state index is -0.0789. The molecule has 0 aliphatic carbocycles. The van der Waals surface area contributed by atoms with Crippen LogP contribution in [0.5, 0.6) is 0 Å². The number of aliphatic imine (C=N–C) groups is 2. The molecule has 0 spiro atoms. The van der Waals surface area contributed by atoms with E-state index in [1.807, 2.05) is 68.3 Å². The Morgan fingerprint density at radius 1 is 1.05 bits per heavy atom. The van der Waals surface area contributed by atoms with Gasteiger partial charge >= 0.3 is 6.03 Å². The van der Waals surface area contributed by atoms with Gasteiger partial charge in [-0.25, -0.2) is 4.79 Å². The van der Waals surface area contributed by atoms with Gasteiger partial charge in [-0.05, 0) is 55.5 Å². The zero-order valence-corrected chi connectivity index (χ0v) is 25.5. The molecule has 1 aliphatic heterocycles. The molecule has 2 heterocycles. The van der Waals surface area contributed by atoms with E-state index in [0.29, 0.717) is 13.1 Å². The maximum atomic E-state index is 13.5. The Morgan fingerprint density at radius 2 is 1.76 bits per heavy atom. The van der Waals surface area contributed by atoms with Crippen LogP contribution in [0.4, 0.5) is 10.5 Å². The molecule has 1 unspecified atom stereocenters. The number of morpholine rings is 1. The van der Waals surface area contributed by atoms with Gasteiger partial charge in [0, 0.05) is 76.0 Å². The number of aromatic nitrogens is 1. The quantitative estimate of drug-likeness (QED) is 0.290. The minimum Gasteiger partial charge on any atom is -0.379 e. The van der Waals surface area contributed by atoms with Crippen molar-refractivity contribution in [1.82, 2.24) is 14.8 Å². The lowest BCUT2D eigenvalue weighted by atomic mass is 9.92. The summed E-state index contributed by atoms with van der Waals surface area (Å²) in [6, 6.07) is 22.4. The zero-order chi connectivity index (χ0) is 29.9. The number of hydrogen-bond donors (Lipinski definition) is 2. The maximum absolute atomic E-state index is 13.5. The van der Waals surface area contributed by atoms with Crippen molar-refractivity contribution in [3.8, 4) is 0 Å². The Labute approximate surface area is 246 Å². The van der Waals surface area contributed by atoms with Crippen LogP contribution < -0.4 is 5.32 Å². The number of carbonyl (C=O) groups is 1. The van der Waals surface area contributed by atoms with Crippen LogP contribution in [-0.2, 0) is 4.74 Å². The summed E-state index contributed by atoms with van der Waals surface area (Å²) >= 11 is 0. The van der Waals surface area contributed by atoms with Gasteiger partial charge in [0.05, 0.1) is 13.2 Å². The minimum absolute atomic E-state index is 0.0789. The molecule has 3 aromatic rings. The highest BCUT2D eigenvalue weighted by Gasteiger charge is 2.21. The third-order valence-corrected chi connectivity index (χ3v) is 6.83. The monoisotopic (exact) mass is 560 g/mol. The third kappa shape index (κ3) is 11.3. The lowest BCUT2D eigenvalue weighted by Gasteiger charge is -2.31. The Bertz CT molecular complexity index is 1160. The van der Waals surface area contributed by atoms with E-state index in [2.05, 4.69) is 62.2 Å². The number of H-pyrrole nitrogens is 1. The zero-order valence-electron chi connectivity index (χ0n) is 25.5. The van der Waals surface area contributed by atoms with Gasteiger partial charge in [0.1, 0.15) is 0 Å². The summed E-state index contributed by atoms with van der Waals surface area (Å²) in [6.45, 7) is 14.5. The summed E-state index contributed by atoms with van der Waals surface area (Å²) in [7, 11) is 3.42. The van der Waals surface area contributed by atoms with Gasteiger partial charge in [-0.15, -0.1) is 0 Å². The average Bonchev–Trinajstić information content (AvgIpc) is 3.56. The number of urea groups is 1. The van der Waals surface area contributed by atoms with Crippen LogP contribution in [-0.4, -0.2) is 93.3 Å². The first-order valence-electron chi connectivity index (χ1n) is 14.5. The molecule has 8 nitrogen and oxygen atoms in total. The molecule has 1 saturated heterocycles. The fourth-order valence-corrected chi connectivity index (χ4v) is 4.59. The number of nitrogens with one attached hydrogen (secondary N) is 2. The number of aromatic amines is 1. The van der Waals surface area contributed by atoms with Gasteiger partial charge in [-0.1, -0.05) is 56.3 Å². The van der Waals surface area contributed by atoms with Gasteiger partial charge in [0.2, 0.25) is 0 Å². The smallest absolute Gasteiger partial charge is 0.321 e. The second kappa shape index (κ2) is 19.3. The fourth-order valence-electron chi connectivity index (χ4n) is 4.59. The first-order valence-corrected chi connectivity index (χ1v) is 14.5. The van der Waals surface area contributed by atoms with Crippen molar-refractivity contribution < 1.29 is 9.53 Å². The number of ether oxygens (including phenoxy) is 1. The van der Waals surface area contributed by atoms with Crippen LogP contribution in [0.2, 0.25) is 0 Å². The van der Waals surface area contributed by atoms with Gasteiger partial charge in [0.25, 0.3) is 0 Å². The fraction of sp³-hybridized carbons (Fsp3) is 0.424. The van der Waals surface area contributed by atoms with E-state index in [-0.39, 0.29) is 11.9 Å². The number of rotatable bonds is 10. The predicted molar refractivity (Wildman–Crippen MR) is 173 cm³/mol. The highest BCUT2D eigenvalue weighted by atomic mass is 16.5. The summed E-state index contributed by atoms with van der Waals surface area (Å²) < 4.78 is 5.49. The second-order valence-corrected chi connectivity index (χ2v) is 9.45. The molecule has 41 heavy (non-hydrogen) atoms. The Hall–Kier alpha value is -3.75. The second-order valence-electron chi connectivity index (χ2n) is 9.45. The highest BCUT2D eigenvalue weighted by Crippen LogP contribution is 2.27. The molecule has 0 radical (unpaired) electrons. The highest BCUT2D eigenvalue weighted by molar-refractivity contribution is 6.00. The van der Waals surface area contributed by atoms with Crippen molar-refractivity contribution in [2.24, 2.45) is 9.98 Å². The molecule has 2 aromatic carbocycles. The Kier molecular flexibility index (Phi) is 15.8. The standard InChI is InChI=1S/C29H37N5O2.C2H5N.C2H6/c1-23(30-2)25-10-6-11-26(22-25)32-29(35)34(17-16-33-18-20-36-21-19-33)15-13-27(28-12-7-14-31-28)24-8-4-3-5-9-24;1-3-2;1-2/h3-12,14,22,27,31H,13,15-21H2,1-2H3,(H,32,35);1H2,2H3;1-2H3. The number of hydrogen-bond acceptors (Lipinski definition) is 5. The Morgan fingerprint density at radius 3 is 2.39 bits per heavy atom. The molecule has 2 N–H and O–H groups in total. The summed E-state index contributed by atoms with van der Waals surface area (Å²) in [5, 5.41) is 3.13.